The second-order valence-electron chi connectivity index (χ2n) is 4.56. The highest BCUT2D eigenvalue weighted by molar-refractivity contribution is 9.10. The first-order valence-electron chi connectivity index (χ1n) is 7.00. The second-order valence-corrected chi connectivity index (χ2v) is 5.41. The zero-order valence-corrected chi connectivity index (χ0v) is 13.8. The molecular formula is C15H23BrN2O2. The lowest BCUT2D eigenvalue weighted by molar-refractivity contribution is -0.120. The average molecular weight is 343 g/mol. The van der Waals surface area contributed by atoms with Crippen molar-refractivity contribution in [2.75, 3.05) is 20.2 Å². The van der Waals surface area contributed by atoms with Crippen LogP contribution in [0.4, 0.5) is 0 Å². The van der Waals surface area contributed by atoms with E-state index in [1.807, 2.05) is 18.2 Å². The van der Waals surface area contributed by atoms with Crippen molar-refractivity contribution in [2.24, 2.45) is 0 Å². The molecule has 1 aromatic rings. The van der Waals surface area contributed by atoms with Gasteiger partial charge in [-0.05, 0) is 43.1 Å². The van der Waals surface area contributed by atoms with E-state index in [-0.39, 0.29) is 5.91 Å². The Labute approximate surface area is 129 Å². The fraction of sp³-hybridized carbons (Fsp3) is 0.533. The van der Waals surface area contributed by atoms with Crippen molar-refractivity contribution in [1.82, 2.24) is 10.6 Å². The predicted octanol–water partition coefficient (Wildman–Crippen LogP) is 2.85. The van der Waals surface area contributed by atoms with Crippen molar-refractivity contribution < 1.29 is 9.53 Å². The molecular weight excluding hydrogens is 320 g/mol. The number of ether oxygens (including phenoxy) is 1. The van der Waals surface area contributed by atoms with Gasteiger partial charge in [-0.25, -0.2) is 0 Å². The first-order chi connectivity index (χ1) is 9.67. The van der Waals surface area contributed by atoms with E-state index in [1.165, 1.54) is 5.56 Å². The molecule has 0 aliphatic heterocycles. The van der Waals surface area contributed by atoms with Gasteiger partial charge >= 0.3 is 0 Å². The molecule has 0 heterocycles. The summed E-state index contributed by atoms with van der Waals surface area (Å²) in [6.07, 6.45) is 2.34. The zero-order chi connectivity index (χ0) is 14.8. The molecule has 20 heavy (non-hydrogen) atoms. The lowest BCUT2D eigenvalue weighted by Gasteiger charge is -2.10. The lowest BCUT2D eigenvalue weighted by atomic mass is 10.2. The molecule has 0 aliphatic carbocycles. The SMILES string of the molecule is CCCNCc1cc(OCCCC(=O)NC)ccc1Br. The van der Waals surface area contributed by atoms with Gasteiger partial charge in [0.15, 0.2) is 0 Å². The predicted molar refractivity (Wildman–Crippen MR) is 84.9 cm³/mol. The summed E-state index contributed by atoms with van der Waals surface area (Å²) in [6, 6.07) is 5.97. The Morgan fingerprint density at radius 3 is 2.90 bits per heavy atom. The van der Waals surface area contributed by atoms with Crippen LogP contribution in [0.25, 0.3) is 0 Å². The molecule has 5 heteroatoms. The van der Waals surface area contributed by atoms with Gasteiger partial charge in [-0.3, -0.25) is 4.79 Å². The summed E-state index contributed by atoms with van der Waals surface area (Å²) in [4.78, 5) is 11.1. The van der Waals surface area contributed by atoms with E-state index in [0.29, 0.717) is 13.0 Å². The Hall–Kier alpha value is -1.07. The van der Waals surface area contributed by atoms with Crippen LogP contribution < -0.4 is 15.4 Å². The number of rotatable bonds is 9. The van der Waals surface area contributed by atoms with Gasteiger partial charge in [0, 0.05) is 24.5 Å². The largest absolute Gasteiger partial charge is 0.494 e. The third-order valence-corrected chi connectivity index (χ3v) is 3.63. The number of hydrogen-bond donors (Lipinski definition) is 2. The maximum Gasteiger partial charge on any atom is 0.219 e. The average Bonchev–Trinajstić information content (AvgIpc) is 2.46. The van der Waals surface area contributed by atoms with Gasteiger partial charge in [0.2, 0.25) is 5.91 Å². The molecule has 0 aliphatic rings. The van der Waals surface area contributed by atoms with Crippen LogP contribution >= 0.6 is 15.9 Å². The summed E-state index contributed by atoms with van der Waals surface area (Å²) in [5.74, 6) is 0.896. The second kappa shape index (κ2) is 9.77. The number of nitrogens with one attached hydrogen (secondary N) is 2. The van der Waals surface area contributed by atoms with Crippen molar-refractivity contribution >= 4 is 21.8 Å². The van der Waals surface area contributed by atoms with Crippen LogP contribution in [-0.2, 0) is 11.3 Å². The van der Waals surface area contributed by atoms with E-state index < -0.39 is 0 Å². The van der Waals surface area contributed by atoms with Crippen molar-refractivity contribution in [1.29, 1.82) is 0 Å². The molecule has 0 unspecified atom stereocenters. The highest BCUT2D eigenvalue weighted by Crippen LogP contribution is 2.22. The standard InChI is InChI=1S/C15H23BrN2O2/c1-3-8-18-11-12-10-13(6-7-14(12)16)20-9-4-5-15(19)17-2/h6-7,10,18H,3-5,8-9,11H2,1-2H3,(H,17,19). The molecule has 1 rings (SSSR count). The van der Waals surface area contributed by atoms with E-state index in [1.54, 1.807) is 7.05 Å². The van der Waals surface area contributed by atoms with E-state index in [0.717, 1.165) is 36.2 Å². The van der Waals surface area contributed by atoms with Gasteiger partial charge < -0.3 is 15.4 Å². The number of carbonyl (C=O) groups excluding carboxylic acids is 1. The maximum absolute atomic E-state index is 11.1. The van der Waals surface area contributed by atoms with E-state index >= 15 is 0 Å². The minimum Gasteiger partial charge on any atom is -0.494 e. The molecule has 4 nitrogen and oxygen atoms in total. The van der Waals surface area contributed by atoms with Crippen LogP contribution in [0.5, 0.6) is 5.75 Å². The summed E-state index contributed by atoms with van der Waals surface area (Å²) < 4.78 is 6.76. The van der Waals surface area contributed by atoms with Crippen molar-refractivity contribution in [3.05, 3.63) is 28.2 Å². The quantitative estimate of drug-likeness (QED) is 0.678. The lowest BCUT2D eigenvalue weighted by Crippen LogP contribution is -2.18. The van der Waals surface area contributed by atoms with Gasteiger partial charge in [0.25, 0.3) is 0 Å². The normalized spacial score (nSPS) is 10.3. The summed E-state index contributed by atoms with van der Waals surface area (Å²) >= 11 is 3.54. The summed E-state index contributed by atoms with van der Waals surface area (Å²) in [5.41, 5.74) is 1.18. The molecule has 0 fully saturated rings. The fourth-order valence-corrected chi connectivity index (χ4v) is 2.11. The molecule has 0 saturated carbocycles. The van der Waals surface area contributed by atoms with Gasteiger partial charge in [-0.2, -0.15) is 0 Å². The van der Waals surface area contributed by atoms with Crippen LogP contribution in [0.3, 0.4) is 0 Å². The molecule has 1 amide bonds. The minimum atomic E-state index is 0.0499. The Morgan fingerprint density at radius 2 is 2.20 bits per heavy atom. The van der Waals surface area contributed by atoms with Crippen LogP contribution in [-0.4, -0.2) is 26.1 Å². The van der Waals surface area contributed by atoms with Crippen LogP contribution in [0.15, 0.2) is 22.7 Å². The monoisotopic (exact) mass is 342 g/mol. The van der Waals surface area contributed by atoms with Gasteiger partial charge in [-0.1, -0.05) is 22.9 Å². The number of halogens is 1. The van der Waals surface area contributed by atoms with Crippen molar-refractivity contribution in [3.63, 3.8) is 0 Å². The minimum absolute atomic E-state index is 0.0499. The highest BCUT2D eigenvalue weighted by Gasteiger charge is 2.03. The molecule has 0 spiro atoms. The molecule has 112 valence electrons. The van der Waals surface area contributed by atoms with Gasteiger partial charge in [0.1, 0.15) is 5.75 Å². The third kappa shape index (κ3) is 6.39. The highest BCUT2D eigenvalue weighted by atomic mass is 79.9. The number of benzene rings is 1. The van der Waals surface area contributed by atoms with Crippen molar-refractivity contribution in [3.8, 4) is 5.75 Å². The van der Waals surface area contributed by atoms with Gasteiger partial charge in [-0.15, -0.1) is 0 Å². The molecule has 0 saturated heterocycles. The molecule has 0 radical (unpaired) electrons. The molecule has 0 aromatic heterocycles. The number of amides is 1. The Bertz CT molecular complexity index is 424. The van der Waals surface area contributed by atoms with E-state index in [4.69, 9.17) is 4.74 Å². The smallest absolute Gasteiger partial charge is 0.219 e. The molecule has 0 atom stereocenters. The fourth-order valence-electron chi connectivity index (χ4n) is 1.72. The zero-order valence-electron chi connectivity index (χ0n) is 12.2. The Kier molecular flexibility index (Phi) is 8.30. The molecule has 2 N–H and O–H groups in total. The van der Waals surface area contributed by atoms with E-state index in [2.05, 4.69) is 33.5 Å². The van der Waals surface area contributed by atoms with Crippen molar-refractivity contribution in [2.45, 2.75) is 32.7 Å². The third-order valence-electron chi connectivity index (χ3n) is 2.86. The van der Waals surface area contributed by atoms with Gasteiger partial charge in [0.05, 0.1) is 6.61 Å². The molecule has 1 aromatic carbocycles. The Morgan fingerprint density at radius 1 is 1.40 bits per heavy atom. The first-order valence-corrected chi connectivity index (χ1v) is 7.79. The summed E-state index contributed by atoms with van der Waals surface area (Å²) in [5, 5.41) is 5.97. The summed E-state index contributed by atoms with van der Waals surface area (Å²) in [6.45, 7) is 4.53. The number of carbonyl (C=O) groups is 1. The topological polar surface area (TPSA) is 50.4 Å². The summed E-state index contributed by atoms with van der Waals surface area (Å²) in [7, 11) is 1.65. The Balaban J connectivity index is 2.42. The van der Waals surface area contributed by atoms with Crippen LogP contribution in [0.1, 0.15) is 31.7 Å². The maximum atomic E-state index is 11.1. The molecule has 0 bridgehead atoms. The van der Waals surface area contributed by atoms with Crippen LogP contribution in [0.2, 0.25) is 0 Å². The number of hydrogen-bond acceptors (Lipinski definition) is 3. The van der Waals surface area contributed by atoms with Crippen LogP contribution in [0, 0.1) is 0 Å². The van der Waals surface area contributed by atoms with E-state index in [9.17, 15) is 4.79 Å². The first kappa shape index (κ1) is 17.0.